The number of anilines is 2. The molecule has 102 valence electrons. The third-order valence-corrected chi connectivity index (χ3v) is 3.67. The molecule has 0 radical (unpaired) electrons. The van der Waals surface area contributed by atoms with Crippen molar-refractivity contribution in [3.8, 4) is 0 Å². The standard InChI is InChI=1S/C13H9Cl2N3O2/c14-9-5-16-13(15)17-11(9)18-6-8(12(19)20)7-3-1-2-4-10(7)18/h1-5,8H,6H2,(H,19,20). The molecular formula is C13H9Cl2N3O2. The normalized spacial score (nSPS) is 17.1. The lowest BCUT2D eigenvalue weighted by atomic mass is 10.0. The van der Waals surface area contributed by atoms with E-state index in [1.54, 1.807) is 11.0 Å². The number of carboxylic acids is 1. The summed E-state index contributed by atoms with van der Waals surface area (Å²) >= 11 is 11.9. The van der Waals surface area contributed by atoms with Crippen LogP contribution in [0, 0.1) is 0 Å². The van der Waals surface area contributed by atoms with Crippen LogP contribution in [0.2, 0.25) is 10.3 Å². The number of hydrogen-bond donors (Lipinski definition) is 1. The Morgan fingerprint density at radius 3 is 2.85 bits per heavy atom. The minimum atomic E-state index is -0.878. The summed E-state index contributed by atoms with van der Waals surface area (Å²) in [6.07, 6.45) is 1.41. The summed E-state index contributed by atoms with van der Waals surface area (Å²) in [5, 5.41) is 9.73. The number of rotatable bonds is 2. The molecule has 1 aliphatic rings. The van der Waals surface area contributed by atoms with Crippen molar-refractivity contribution in [3.05, 3.63) is 46.3 Å². The maximum Gasteiger partial charge on any atom is 0.312 e. The number of benzene rings is 1. The number of fused-ring (bicyclic) bond motifs is 1. The smallest absolute Gasteiger partial charge is 0.312 e. The van der Waals surface area contributed by atoms with Crippen molar-refractivity contribution in [1.82, 2.24) is 9.97 Å². The summed E-state index contributed by atoms with van der Waals surface area (Å²) in [5.74, 6) is -1.07. The van der Waals surface area contributed by atoms with Crippen molar-refractivity contribution in [3.63, 3.8) is 0 Å². The number of carboxylic acid groups (broad SMARTS) is 1. The van der Waals surface area contributed by atoms with E-state index in [4.69, 9.17) is 23.2 Å². The van der Waals surface area contributed by atoms with Gasteiger partial charge in [-0.2, -0.15) is 4.98 Å². The lowest BCUT2D eigenvalue weighted by molar-refractivity contribution is -0.138. The first kappa shape index (κ1) is 13.1. The Morgan fingerprint density at radius 2 is 2.10 bits per heavy atom. The molecule has 1 aromatic heterocycles. The number of halogens is 2. The summed E-state index contributed by atoms with van der Waals surface area (Å²) < 4.78 is 0. The summed E-state index contributed by atoms with van der Waals surface area (Å²) in [7, 11) is 0. The van der Waals surface area contributed by atoms with Crippen molar-refractivity contribution in [2.24, 2.45) is 0 Å². The van der Waals surface area contributed by atoms with Crippen molar-refractivity contribution in [1.29, 1.82) is 0 Å². The van der Waals surface area contributed by atoms with Crippen LogP contribution < -0.4 is 4.90 Å². The Labute approximate surface area is 124 Å². The number of aromatic nitrogens is 2. The van der Waals surface area contributed by atoms with Gasteiger partial charge < -0.3 is 10.0 Å². The summed E-state index contributed by atoms with van der Waals surface area (Å²) in [5.41, 5.74) is 1.52. The van der Waals surface area contributed by atoms with Crippen LogP contribution in [0.5, 0.6) is 0 Å². The minimum absolute atomic E-state index is 0.0701. The molecule has 3 rings (SSSR count). The van der Waals surface area contributed by atoms with Gasteiger partial charge in [0.15, 0.2) is 5.82 Å². The maximum atomic E-state index is 11.4. The predicted molar refractivity (Wildman–Crippen MR) is 75.9 cm³/mol. The van der Waals surface area contributed by atoms with E-state index in [0.717, 1.165) is 11.3 Å². The minimum Gasteiger partial charge on any atom is -0.481 e. The van der Waals surface area contributed by atoms with Gasteiger partial charge in [-0.15, -0.1) is 0 Å². The molecule has 0 aliphatic carbocycles. The van der Waals surface area contributed by atoms with Crippen LogP contribution in [-0.4, -0.2) is 27.6 Å². The third kappa shape index (κ3) is 2.09. The van der Waals surface area contributed by atoms with Crippen molar-refractivity contribution in [2.75, 3.05) is 11.4 Å². The van der Waals surface area contributed by atoms with E-state index < -0.39 is 11.9 Å². The van der Waals surface area contributed by atoms with E-state index in [2.05, 4.69) is 9.97 Å². The molecule has 1 atom stereocenters. The number of hydrogen-bond acceptors (Lipinski definition) is 4. The van der Waals surface area contributed by atoms with Crippen LogP contribution in [0.4, 0.5) is 11.5 Å². The first-order chi connectivity index (χ1) is 9.58. The summed E-state index contributed by atoms with van der Waals surface area (Å²) in [6.45, 7) is 0.266. The molecule has 0 spiro atoms. The van der Waals surface area contributed by atoms with Crippen LogP contribution in [-0.2, 0) is 4.79 Å². The van der Waals surface area contributed by atoms with E-state index in [-0.39, 0.29) is 11.8 Å². The lowest BCUT2D eigenvalue weighted by Crippen LogP contribution is -2.21. The zero-order valence-electron chi connectivity index (χ0n) is 10.1. The van der Waals surface area contributed by atoms with Gasteiger partial charge >= 0.3 is 5.97 Å². The Balaban J connectivity index is 2.12. The molecule has 7 heteroatoms. The van der Waals surface area contributed by atoms with E-state index in [9.17, 15) is 9.90 Å². The SMILES string of the molecule is O=C(O)C1CN(c2nc(Cl)ncc2Cl)c2ccccc21. The van der Waals surface area contributed by atoms with Gasteiger partial charge in [0.1, 0.15) is 10.9 Å². The average molecular weight is 310 g/mol. The lowest BCUT2D eigenvalue weighted by Gasteiger charge is -2.19. The van der Waals surface area contributed by atoms with Crippen LogP contribution in [0.3, 0.4) is 0 Å². The van der Waals surface area contributed by atoms with Gasteiger partial charge in [-0.25, -0.2) is 4.98 Å². The molecule has 5 nitrogen and oxygen atoms in total. The molecule has 1 unspecified atom stereocenters. The molecule has 1 aliphatic heterocycles. The first-order valence-corrected chi connectivity index (χ1v) is 6.61. The van der Waals surface area contributed by atoms with Crippen LogP contribution >= 0.6 is 23.2 Å². The predicted octanol–water partition coefficient (Wildman–Crippen LogP) is 3.10. The Hall–Kier alpha value is -1.85. The molecule has 1 N–H and O–H groups in total. The van der Waals surface area contributed by atoms with Crippen molar-refractivity contribution >= 4 is 40.7 Å². The van der Waals surface area contributed by atoms with E-state index in [1.165, 1.54) is 6.20 Å². The largest absolute Gasteiger partial charge is 0.481 e. The number of nitrogens with zero attached hydrogens (tertiary/aromatic N) is 3. The second-order valence-electron chi connectivity index (χ2n) is 4.37. The quantitative estimate of drug-likeness (QED) is 0.863. The Bertz CT molecular complexity index is 693. The molecule has 0 bridgehead atoms. The van der Waals surface area contributed by atoms with E-state index >= 15 is 0 Å². The number of para-hydroxylation sites is 1. The fourth-order valence-electron chi connectivity index (χ4n) is 2.35. The van der Waals surface area contributed by atoms with Crippen molar-refractivity contribution < 1.29 is 9.90 Å². The second-order valence-corrected chi connectivity index (χ2v) is 5.12. The van der Waals surface area contributed by atoms with Gasteiger partial charge in [-0.05, 0) is 23.2 Å². The molecule has 2 heterocycles. The molecule has 1 aromatic carbocycles. The molecule has 0 saturated carbocycles. The average Bonchev–Trinajstić information content (AvgIpc) is 2.81. The van der Waals surface area contributed by atoms with Crippen LogP contribution in [0.1, 0.15) is 11.5 Å². The second kappa shape index (κ2) is 4.92. The van der Waals surface area contributed by atoms with Crippen LogP contribution in [0.25, 0.3) is 0 Å². The fourth-order valence-corrected chi connectivity index (χ4v) is 2.67. The number of aliphatic carboxylic acids is 1. The molecule has 2 aromatic rings. The molecule has 20 heavy (non-hydrogen) atoms. The molecule has 0 fully saturated rings. The topological polar surface area (TPSA) is 66.3 Å². The Kier molecular flexibility index (Phi) is 3.23. The van der Waals surface area contributed by atoms with E-state index in [0.29, 0.717) is 10.8 Å². The Morgan fingerprint density at radius 1 is 1.35 bits per heavy atom. The first-order valence-electron chi connectivity index (χ1n) is 5.85. The van der Waals surface area contributed by atoms with Gasteiger partial charge in [-0.3, -0.25) is 4.79 Å². The molecule has 0 saturated heterocycles. The number of carbonyl (C=O) groups is 1. The third-order valence-electron chi connectivity index (χ3n) is 3.22. The highest BCUT2D eigenvalue weighted by atomic mass is 35.5. The van der Waals surface area contributed by atoms with Gasteiger partial charge in [-0.1, -0.05) is 29.8 Å². The highest BCUT2D eigenvalue weighted by Gasteiger charge is 2.35. The van der Waals surface area contributed by atoms with E-state index in [1.807, 2.05) is 18.2 Å². The fraction of sp³-hybridized carbons (Fsp3) is 0.154. The van der Waals surface area contributed by atoms with Gasteiger partial charge in [0.25, 0.3) is 0 Å². The van der Waals surface area contributed by atoms with Gasteiger partial charge in [0, 0.05) is 12.2 Å². The zero-order chi connectivity index (χ0) is 14.3. The van der Waals surface area contributed by atoms with Crippen molar-refractivity contribution in [2.45, 2.75) is 5.92 Å². The van der Waals surface area contributed by atoms with Gasteiger partial charge in [0.2, 0.25) is 5.28 Å². The van der Waals surface area contributed by atoms with Crippen LogP contribution in [0.15, 0.2) is 30.5 Å². The zero-order valence-corrected chi connectivity index (χ0v) is 11.6. The highest BCUT2D eigenvalue weighted by molar-refractivity contribution is 6.33. The molecule has 0 amide bonds. The maximum absolute atomic E-state index is 11.4. The summed E-state index contributed by atoms with van der Waals surface area (Å²) in [6, 6.07) is 7.29. The highest BCUT2D eigenvalue weighted by Crippen LogP contribution is 2.42. The van der Waals surface area contributed by atoms with Gasteiger partial charge in [0.05, 0.1) is 6.20 Å². The summed E-state index contributed by atoms with van der Waals surface area (Å²) in [4.78, 5) is 21.0. The monoisotopic (exact) mass is 309 g/mol. The molecular weight excluding hydrogens is 301 g/mol.